The molecule has 0 spiro atoms. The summed E-state index contributed by atoms with van der Waals surface area (Å²) in [6.07, 6.45) is 3.64. The Labute approximate surface area is 160 Å². The van der Waals surface area contributed by atoms with Crippen molar-refractivity contribution in [1.29, 1.82) is 5.26 Å². The van der Waals surface area contributed by atoms with Gasteiger partial charge in [0.15, 0.2) is 17.1 Å². The number of methoxy groups -OCH3 is 1. The number of hydrogen-bond donors (Lipinski definition) is 2. The number of nitrogens with zero attached hydrogens (tertiary/aromatic N) is 2. The van der Waals surface area contributed by atoms with Crippen molar-refractivity contribution in [3.8, 4) is 11.9 Å². The zero-order chi connectivity index (χ0) is 19.2. The van der Waals surface area contributed by atoms with E-state index in [0.29, 0.717) is 27.9 Å². The van der Waals surface area contributed by atoms with Gasteiger partial charge in [-0.1, -0.05) is 30.0 Å². The summed E-state index contributed by atoms with van der Waals surface area (Å²) < 4.78 is 10.9. The number of hydrogen-bond acceptors (Lipinski definition) is 6. The van der Waals surface area contributed by atoms with Gasteiger partial charge >= 0.3 is 0 Å². The number of thioether (sulfide) groups is 1. The summed E-state index contributed by atoms with van der Waals surface area (Å²) in [5, 5.41) is 15.3. The van der Waals surface area contributed by atoms with Gasteiger partial charge in [-0.05, 0) is 30.5 Å². The molecule has 3 rings (SSSR count). The number of para-hydroxylation sites is 1. The molecule has 2 N–H and O–H groups in total. The minimum Gasteiger partial charge on any atom is -0.494 e. The molecule has 136 valence electrons. The summed E-state index contributed by atoms with van der Waals surface area (Å²) in [5.74, 6) is 0.276. The molecule has 0 bridgehead atoms. The molecule has 0 fully saturated rings. The average molecular weight is 380 g/mol. The first kappa shape index (κ1) is 18.4. The van der Waals surface area contributed by atoms with E-state index in [1.54, 1.807) is 30.3 Å². The number of furan rings is 1. The Hall–Kier alpha value is -3.44. The van der Waals surface area contributed by atoms with E-state index in [1.807, 2.05) is 30.6 Å². The second-order valence-electron chi connectivity index (χ2n) is 5.35. The van der Waals surface area contributed by atoms with Crippen molar-refractivity contribution >= 4 is 45.2 Å². The highest BCUT2D eigenvalue weighted by molar-refractivity contribution is 8.13. The molecule has 3 aromatic rings. The number of benzene rings is 2. The highest BCUT2D eigenvalue weighted by atomic mass is 32.2. The number of fused-ring (bicyclic) bond motifs is 1. The molecular weight excluding hydrogens is 364 g/mol. The molecule has 27 heavy (non-hydrogen) atoms. The van der Waals surface area contributed by atoms with Crippen molar-refractivity contribution in [2.75, 3.05) is 18.7 Å². The molecule has 0 saturated carbocycles. The maximum atomic E-state index is 12.5. The SMILES string of the molecule is COc1cc(N=C(NC#N)SC)ccc1NC(=O)c1cc2ccccc2o1. The summed E-state index contributed by atoms with van der Waals surface area (Å²) in [7, 11) is 1.50. The van der Waals surface area contributed by atoms with E-state index in [-0.39, 0.29) is 11.7 Å². The van der Waals surface area contributed by atoms with Crippen LogP contribution < -0.4 is 15.4 Å². The number of carbonyl (C=O) groups excluding carboxylic acids is 1. The smallest absolute Gasteiger partial charge is 0.291 e. The van der Waals surface area contributed by atoms with E-state index in [9.17, 15) is 4.79 Å². The lowest BCUT2D eigenvalue weighted by Crippen LogP contribution is -2.13. The molecule has 1 aromatic heterocycles. The van der Waals surface area contributed by atoms with Crippen LogP contribution in [0, 0.1) is 11.5 Å². The highest BCUT2D eigenvalue weighted by Gasteiger charge is 2.15. The van der Waals surface area contributed by atoms with Crippen LogP contribution in [0.5, 0.6) is 5.75 Å². The number of nitrogens with one attached hydrogen (secondary N) is 2. The normalized spacial score (nSPS) is 11.1. The molecule has 1 amide bonds. The van der Waals surface area contributed by atoms with E-state index >= 15 is 0 Å². The van der Waals surface area contributed by atoms with E-state index in [2.05, 4.69) is 15.6 Å². The fraction of sp³-hybridized carbons (Fsp3) is 0.105. The fourth-order valence-electron chi connectivity index (χ4n) is 2.42. The number of amidine groups is 1. The Morgan fingerprint density at radius 2 is 2.07 bits per heavy atom. The van der Waals surface area contributed by atoms with Gasteiger partial charge in [-0.15, -0.1) is 0 Å². The maximum Gasteiger partial charge on any atom is 0.291 e. The molecule has 0 unspecified atom stereocenters. The predicted molar refractivity (Wildman–Crippen MR) is 107 cm³/mol. The van der Waals surface area contributed by atoms with Gasteiger partial charge in [0.05, 0.1) is 18.5 Å². The number of anilines is 1. The van der Waals surface area contributed by atoms with Crippen LogP contribution in [-0.2, 0) is 0 Å². The van der Waals surface area contributed by atoms with Gasteiger partial charge in [0, 0.05) is 11.5 Å². The maximum absolute atomic E-state index is 12.5. The van der Waals surface area contributed by atoms with Gasteiger partial charge in [-0.3, -0.25) is 10.1 Å². The molecule has 8 heteroatoms. The van der Waals surface area contributed by atoms with Gasteiger partial charge in [0.1, 0.15) is 11.3 Å². The molecule has 0 aliphatic carbocycles. The Morgan fingerprint density at radius 1 is 1.26 bits per heavy atom. The summed E-state index contributed by atoms with van der Waals surface area (Å²) in [5.41, 5.74) is 1.72. The quantitative estimate of drug-likeness (QED) is 0.306. The van der Waals surface area contributed by atoms with Crippen LogP contribution in [0.25, 0.3) is 11.0 Å². The molecule has 0 saturated heterocycles. The van der Waals surface area contributed by atoms with Gasteiger partial charge in [-0.25, -0.2) is 4.99 Å². The van der Waals surface area contributed by atoms with Crippen molar-refractivity contribution in [3.05, 3.63) is 54.3 Å². The van der Waals surface area contributed by atoms with E-state index in [0.717, 1.165) is 5.39 Å². The molecule has 7 nitrogen and oxygen atoms in total. The van der Waals surface area contributed by atoms with Crippen LogP contribution in [0.15, 0.2) is 57.9 Å². The van der Waals surface area contributed by atoms with Crippen LogP contribution >= 0.6 is 11.8 Å². The lowest BCUT2D eigenvalue weighted by molar-refractivity contribution is 0.0998. The van der Waals surface area contributed by atoms with Gasteiger partial charge < -0.3 is 14.5 Å². The number of carbonyl (C=O) groups is 1. The third-order valence-corrected chi connectivity index (χ3v) is 4.25. The van der Waals surface area contributed by atoms with Crippen LogP contribution in [0.2, 0.25) is 0 Å². The lowest BCUT2D eigenvalue weighted by atomic mass is 10.2. The monoisotopic (exact) mass is 380 g/mol. The first-order valence-electron chi connectivity index (χ1n) is 7.90. The minimum atomic E-state index is -0.378. The Bertz CT molecular complexity index is 1020. The molecule has 0 aliphatic heterocycles. The van der Waals surface area contributed by atoms with Crippen molar-refractivity contribution in [1.82, 2.24) is 5.32 Å². The first-order valence-corrected chi connectivity index (χ1v) is 9.13. The Kier molecular flexibility index (Phi) is 5.64. The highest BCUT2D eigenvalue weighted by Crippen LogP contribution is 2.30. The second-order valence-corrected chi connectivity index (χ2v) is 6.14. The Balaban J connectivity index is 1.84. The third-order valence-electron chi connectivity index (χ3n) is 3.67. The molecule has 0 aliphatic rings. The Morgan fingerprint density at radius 3 is 2.78 bits per heavy atom. The van der Waals surface area contributed by atoms with Crippen molar-refractivity contribution < 1.29 is 13.9 Å². The summed E-state index contributed by atoms with van der Waals surface area (Å²) in [6.45, 7) is 0. The van der Waals surface area contributed by atoms with Crippen LogP contribution in [-0.4, -0.2) is 24.4 Å². The van der Waals surface area contributed by atoms with Crippen molar-refractivity contribution in [2.24, 2.45) is 4.99 Å². The number of rotatable bonds is 4. The number of aliphatic imine (C=N–C) groups is 1. The summed E-state index contributed by atoms with van der Waals surface area (Å²) in [6, 6.07) is 14.2. The molecular formula is C19H16N4O3S. The van der Waals surface area contributed by atoms with Crippen LogP contribution in [0.4, 0.5) is 11.4 Å². The standard InChI is InChI=1S/C19H16N4O3S/c1-25-16-10-13(22-19(27-2)21-11-20)7-8-14(16)23-18(24)17-9-12-5-3-4-6-15(12)26-17/h3-10H,1-2H3,(H,21,22)(H,23,24). The number of nitriles is 1. The van der Waals surface area contributed by atoms with E-state index in [4.69, 9.17) is 14.4 Å². The summed E-state index contributed by atoms with van der Waals surface area (Å²) >= 11 is 1.31. The van der Waals surface area contributed by atoms with Crippen LogP contribution in [0.3, 0.4) is 0 Å². The topological polar surface area (TPSA) is 99.6 Å². The van der Waals surface area contributed by atoms with E-state index in [1.165, 1.54) is 18.9 Å². The van der Waals surface area contributed by atoms with Gasteiger partial charge in [-0.2, -0.15) is 5.26 Å². The van der Waals surface area contributed by atoms with Crippen molar-refractivity contribution in [2.45, 2.75) is 0 Å². The molecule has 1 heterocycles. The molecule has 2 aromatic carbocycles. The summed E-state index contributed by atoms with van der Waals surface area (Å²) in [4.78, 5) is 16.8. The van der Waals surface area contributed by atoms with Crippen LogP contribution in [0.1, 0.15) is 10.6 Å². The number of amides is 1. The zero-order valence-electron chi connectivity index (χ0n) is 14.6. The zero-order valence-corrected chi connectivity index (χ0v) is 15.5. The second kappa shape index (κ2) is 8.29. The lowest BCUT2D eigenvalue weighted by Gasteiger charge is -2.10. The first-order chi connectivity index (χ1) is 13.1. The van der Waals surface area contributed by atoms with Gasteiger partial charge in [0.25, 0.3) is 5.91 Å². The number of ether oxygens (including phenoxy) is 1. The largest absolute Gasteiger partial charge is 0.494 e. The molecule has 0 atom stereocenters. The van der Waals surface area contributed by atoms with Crippen molar-refractivity contribution in [3.63, 3.8) is 0 Å². The fourth-order valence-corrected chi connectivity index (χ4v) is 2.76. The average Bonchev–Trinajstić information content (AvgIpc) is 3.13. The van der Waals surface area contributed by atoms with Gasteiger partial charge in [0.2, 0.25) is 0 Å². The predicted octanol–water partition coefficient (Wildman–Crippen LogP) is 4.11. The molecule has 0 radical (unpaired) electrons. The van der Waals surface area contributed by atoms with E-state index < -0.39 is 0 Å². The third kappa shape index (κ3) is 4.22. The minimum absolute atomic E-state index is 0.211.